The molecular formula is C24H27FN2O2. The quantitative estimate of drug-likeness (QED) is 0.632. The Kier molecular flexibility index (Phi) is 6.49. The molecule has 3 rings (SSSR count). The van der Waals surface area contributed by atoms with Crippen LogP contribution in [0.5, 0.6) is 5.75 Å². The summed E-state index contributed by atoms with van der Waals surface area (Å²) in [6, 6.07) is 18.0. The van der Waals surface area contributed by atoms with Crippen molar-refractivity contribution in [2.75, 3.05) is 14.2 Å². The van der Waals surface area contributed by atoms with E-state index in [9.17, 15) is 9.18 Å². The zero-order valence-electron chi connectivity index (χ0n) is 17.3. The molecule has 0 unspecified atom stereocenters. The van der Waals surface area contributed by atoms with Gasteiger partial charge in [0.15, 0.2) is 0 Å². The second-order valence-corrected chi connectivity index (χ2v) is 7.42. The first-order chi connectivity index (χ1) is 13.9. The van der Waals surface area contributed by atoms with E-state index in [2.05, 4.69) is 23.5 Å². The molecule has 3 aromatic carbocycles. The van der Waals surface area contributed by atoms with Crippen LogP contribution < -0.4 is 10.1 Å². The van der Waals surface area contributed by atoms with Gasteiger partial charge in [0.25, 0.3) is 0 Å². The van der Waals surface area contributed by atoms with E-state index >= 15 is 0 Å². The van der Waals surface area contributed by atoms with Crippen molar-refractivity contribution in [3.05, 3.63) is 77.6 Å². The van der Waals surface area contributed by atoms with Crippen molar-refractivity contribution in [2.45, 2.75) is 32.5 Å². The van der Waals surface area contributed by atoms with E-state index in [1.807, 2.05) is 44.0 Å². The molecule has 0 aliphatic carbocycles. The Balaban J connectivity index is 1.63. The van der Waals surface area contributed by atoms with Crippen LogP contribution in [0.1, 0.15) is 31.0 Å². The number of rotatable bonds is 7. The smallest absolute Gasteiger partial charge is 0.237 e. The fraction of sp³-hybridized carbons (Fsp3) is 0.292. The molecule has 5 heteroatoms. The summed E-state index contributed by atoms with van der Waals surface area (Å²) < 4.78 is 18.4. The monoisotopic (exact) mass is 394 g/mol. The summed E-state index contributed by atoms with van der Waals surface area (Å²) in [7, 11) is 3.60. The van der Waals surface area contributed by atoms with E-state index in [0.29, 0.717) is 6.54 Å². The first-order valence-corrected chi connectivity index (χ1v) is 9.70. The molecule has 0 heterocycles. The van der Waals surface area contributed by atoms with Crippen LogP contribution in [-0.2, 0) is 11.3 Å². The average molecular weight is 394 g/mol. The molecule has 3 aromatic rings. The Morgan fingerprint density at radius 2 is 1.69 bits per heavy atom. The van der Waals surface area contributed by atoms with Crippen LogP contribution in [0.15, 0.2) is 60.7 Å². The molecule has 29 heavy (non-hydrogen) atoms. The third-order valence-electron chi connectivity index (χ3n) is 5.31. The van der Waals surface area contributed by atoms with Gasteiger partial charge in [0.1, 0.15) is 11.6 Å². The first-order valence-electron chi connectivity index (χ1n) is 9.70. The van der Waals surface area contributed by atoms with Crippen LogP contribution in [0.3, 0.4) is 0 Å². The van der Waals surface area contributed by atoms with Crippen LogP contribution in [-0.4, -0.2) is 31.0 Å². The fourth-order valence-corrected chi connectivity index (χ4v) is 3.29. The molecule has 1 amide bonds. The standard InChI is InChI=1S/C24H27FN2O2/c1-16(19-7-10-22(25)11-8-19)26-24(28)17(2)27(3)15-18-5-6-21-14-23(29-4)12-9-20(21)13-18/h5-14,16-17H,15H2,1-4H3,(H,26,28)/t16-,17+/m0/s1. The maximum absolute atomic E-state index is 13.1. The highest BCUT2D eigenvalue weighted by molar-refractivity contribution is 5.84. The van der Waals surface area contributed by atoms with Gasteiger partial charge in [0.2, 0.25) is 5.91 Å². The van der Waals surface area contributed by atoms with E-state index in [1.54, 1.807) is 19.2 Å². The number of nitrogens with zero attached hydrogens (tertiary/aromatic N) is 1. The van der Waals surface area contributed by atoms with Gasteiger partial charge in [-0.2, -0.15) is 0 Å². The molecule has 0 saturated heterocycles. The van der Waals surface area contributed by atoms with Gasteiger partial charge < -0.3 is 10.1 Å². The van der Waals surface area contributed by atoms with Gasteiger partial charge in [-0.1, -0.05) is 30.3 Å². The minimum atomic E-state index is -0.301. The largest absolute Gasteiger partial charge is 0.497 e. The number of benzene rings is 3. The van der Waals surface area contributed by atoms with Gasteiger partial charge >= 0.3 is 0 Å². The van der Waals surface area contributed by atoms with Crippen LogP contribution in [0, 0.1) is 5.82 Å². The lowest BCUT2D eigenvalue weighted by molar-refractivity contribution is -0.126. The molecule has 0 saturated carbocycles. The van der Waals surface area contributed by atoms with Crippen LogP contribution in [0.4, 0.5) is 4.39 Å². The molecule has 4 nitrogen and oxygen atoms in total. The van der Waals surface area contributed by atoms with Crippen molar-refractivity contribution < 1.29 is 13.9 Å². The molecule has 0 aliphatic heterocycles. The highest BCUT2D eigenvalue weighted by Gasteiger charge is 2.20. The van der Waals surface area contributed by atoms with Gasteiger partial charge in [-0.3, -0.25) is 9.69 Å². The number of hydrogen-bond donors (Lipinski definition) is 1. The van der Waals surface area contributed by atoms with Crippen LogP contribution in [0.2, 0.25) is 0 Å². The number of halogens is 1. The van der Waals surface area contributed by atoms with Gasteiger partial charge in [-0.05, 0) is 73.1 Å². The predicted octanol–water partition coefficient (Wildman–Crippen LogP) is 4.69. The van der Waals surface area contributed by atoms with E-state index in [0.717, 1.165) is 27.6 Å². The molecular weight excluding hydrogens is 367 g/mol. The van der Waals surface area contributed by atoms with E-state index in [1.165, 1.54) is 12.1 Å². The summed E-state index contributed by atoms with van der Waals surface area (Å²) >= 11 is 0. The number of nitrogens with one attached hydrogen (secondary N) is 1. The Labute approximate surface area is 171 Å². The van der Waals surface area contributed by atoms with Crippen molar-refractivity contribution >= 4 is 16.7 Å². The van der Waals surface area contributed by atoms with Crippen molar-refractivity contribution in [3.8, 4) is 5.75 Å². The molecule has 0 fully saturated rings. The number of amides is 1. The predicted molar refractivity (Wildman–Crippen MR) is 114 cm³/mol. The lowest BCUT2D eigenvalue weighted by Crippen LogP contribution is -2.43. The maximum Gasteiger partial charge on any atom is 0.237 e. The fourth-order valence-electron chi connectivity index (χ4n) is 3.29. The normalized spacial score (nSPS) is 13.3. The number of ether oxygens (including phenoxy) is 1. The van der Waals surface area contributed by atoms with Gasteiger partial charge in [-0.25, -0.2) is 4.39 Å². The molecule has 0 aliphatic rings. The Morgan fingerprint density at radius 1 is 1.03 bits per heavy atom. The van der Waals surface area contributed by atoms with E-state index in [4.69, 9.17) is 4.74 Å². The number of methoxy groups -OCH3 is 1. The maximum atomic E-state index is 13.1. The van der Waals surface area contributed by atoms with Crippen molar-refractivity contribution in [1.82, 2.24) is 10.2 Å². The first kappa shape index (κ1) is 20.8. The van der Waals surface area contributed by atoms with Crippen LogP contribution >= 0.6 is 0 Å². The topological polar surface area (TPSA) is 41.6 Å². The summed E-state index contributed by atoms with van der Waals surface area (Å²) in [5.41, 5.74) is 2.01. The minimum Gasteiger partial charge on any atom is -0.497 e. The highest BCUT2D eigenvalue weighted by Crippen LogP contribution is 2.22. The van der Waals surface area contributed by atoms with E-state index < -0.39 is 0 Å². The van der Waals surface area contributed by atoms with Gasteiger partial charge in [0.05, 0.1) is 19.2 Å². The third-order valence-corrected chi connectivity index (χ3v) is 5.31. The molecule has 0 spiro atoms. The van der Waals surface area contributed by atoms with Gasteiger partial charge in [0, 0.05) is 6.54 Å². The number of carbonyl (C=O) groups excluding carboxylic acids is 1. The zero-order valence-corrected chi connectivity index (χ0v) is 17.3. The summed E-state index contributed by atoms with van der Waals surface area (Å²) in [6.07, 6.45) is 0. The molecule has 0 aromatic heterocycles. The zero-order chi connectivity index (χ0) is 21.0. The Morgan fingerprint density at radius 3 is 2.38 bits per heavy atom. The summed E-state index contributed by atoms with van der Waals surface area (Å²) in [4.78, 5) is 14.7. The summed E-state index contributed by atoms with van der Waals surface area (Å²) in [6.45, 7) is 4.44. The Hall–Kier alpha value is -2.92. The Bertz CT molecular complexity index is 988. The van der Waals surface area contributed by atoms with Crippen molar-refractivity contribution in [3.63, 3.8) is 0 Å². The lowest BCUT2D eigenvalue weighted by atomic mass is 10.1. The number of likely N-dealkylation sites (N-methyl/N-ethyl adjacent to an activating group) is 1. The second kappa shape index (κ2) is 9.05. The van der Waals surface area contributed by atoms with Crippen molar-refractivity contribution in [2.24, 2.45) is 0 Å². The third kappa shape index (κ3) is 5.12. The number of hydrogen-bond acceptors (Lipinski definition) is 3. The average Bonchev–Trinajstić information content (AvgIpc) is 2.73. The molecule has 2 atom stereocenters. The molecule has 152 valence electrons. The van der Waals surface area contributed by atoms with Crippen molar-refractivity contribution in [1.29, 1.82) is 0 Å². The molecule has 0 bridgehead atoms. The SMILES string of the molecule is COc1ccc2cc(CN(C)[C@H](C)C(=O)N[C@@H](C)c3ccc(F)cc3)ccc2c1. The summed E-state index contributed by atoms with van der Waals surface area (Å²) in [5, 5.41) is 5.27. The van der Waals surface area contributed by atoms with Gasteiger partial charge in [-0.15, -0.1) is 0 Å². The molecule has 1 N–H and O–H groups in total. The number of fused-ring (bicyclic) bond motifs is 1. The molecule has 0 radical (unpaired) electrons. The second-order valence-electron chi connectivity index (χ2n) is 7.42. The van der Waals surface area contributed by atoms with E-state index in [-0.39, 0.29) is 23.8 Å². The lowest BCUT2D eigenvalue weighted by Gasteiger charge is -2.26. The minimum absolute atomic E-state index is 0.0603. The summed E-state index contributed by atoms with van der Waals surface area (Å²) in [5.74, 6) is 0.493. The highest BCUT2D eigenvalue weighted by atomic mass is 19.1. The number of carbonyl (C=O) groups is 1. The van der Waals surface area contributed by atoms with Crippen LogP contribution in [0.25, 0.3) is 10.8 Å².